The Kier molecular flexibility index (Phi) is 5.80. The van der Waals surface area contributed by atoms with Gasteiger partial charge in [-0.2, -0.15) is 0 Å². The standard InChI is InChI=1S/C20H21NO6/c1-13-19(27-17-5-3-2-4-16(17)26-13)20(24)21-11-10-14-6-8-15(9-7-14)25-12-18(22)23/h2-9,13,19H,10-12H2,1H3,(H,21,24)(H,22,23)/t13-,19+/m1/s1. The summed E-state index contributed by atoms with van der Waals surface area (Å²) in [5, 5.41) is 11.5. The number of para-hydroxylation sites is 2. The molecule has 2 N–H and O–H groups in total. The summed E-state index contributed by atoms with van der Waals surface area (Å²) in [4.78, 5) is 22.9. The Bertz CT molecular complexity index is 804. The molecule has 0 fully saturated rings. The molecule has 2 atom stereocenters. The Hall–Kier alpha value is -3.22. The lowest BCUT2D eigenvalue weighted by Crippen LogP contribution is -2.49. The van der Waals surface area contributed by atoms with Gasteiger partial charge in [-0.05, 0) is 43.2 Å². The average Bonchev–Trinajstić information content (AvgIpc) is 2.66. The van der Waals surface area contributed by atoms with E-state index in [4.69, 9.17) is 19.3 Å². The molecule has 0 bridgehead atoms. The van der Waals surface area contributed by atoms with E-state index in [0.717, 1.165) is 5.56 Å². The van der Waals surface area contributed by atoms with Crippen molar-refractivity contribution in [2.75, 3.05) is 13.2 Å². The predicted octanol–water partition coefficient (Wildman–Crippen LogP) is 2.04. The van der Waals surface area contributed by atoms with Crippen molar-refractivity contribution in [3.63, 3.8) is 0 Å². The highest BCUT2D eigenvalue weighted by Gasteiger charge is 2.33. The summed E-state index contributed by atoms with van der Waals surface area (Å²) < 4.78 is 16.6. The minimum absolute atomic E-state index is 0.224. The van der Waals surface area contributed by atoms with Crippen LogP contribution in [0, 0.1) is 0 Å². The second kappa shape index (κ2) is 8.44. The maximum absolute atomic E-state index is 12.4. The van der Waals surface area contributed by atoms with Gasteiger partial charge in [-0.3, -0.25) is 4.79 Å². The SMILES string of the molecule is C[C@H]1Oc2ccccc2O[C@@H]1C(=O)NCCc1ccc(OCC(=O)O)cc1. The van der Waals surface area contributed by atoms with Crippen LogP contribution in [0.15, 0.2) is 48.5 Å². The molecule has 0 spiro atoms. The third-order valence-corrected chi connectivity index (χ3v) is 4.10. The molecule has 3 rings (SSSR count). The van der Waals surface area contributed by atoms with Crippen LogP contribution >= 0.6 is 0 Å². The molecule has 7 nitrogen and oxygen atoms in total. The number of aliphatic carboxylic acids is 1. The number of carbonyl (C=O) groups excluding carboxylic acids is 1. The summed E-state index contributed by atoms with van der Waals surface area (Å²) in [6.07, 6.45) is -0.457. The van der Waals surface area contributed by atoms with Gasteiger partial charge in [0.15, 0.2) is 18.1 Å². The fourth-order valence-electron chi connectivity index (χ4n) is 2.73. The van der Waals surface area contributed by atoms with Gasteiger partial charge in [0.25, 0.3) is 5.91 Å². The molecular formula is C20H21NO6. The zero-order valence-corrected chi connectivity index (χ0v) is 14.9. The van der Waals surface area contributed by atoms with Crippen molar-refractivity contribution in [3.05, 3.63) is 54.1 Å². The van der Waals surface area contributed by atoms with Crippen LogP contribution in [0.25, 0.3) is 0 Å². The van der Waals surface area contributed by atoms with Crippen LogP contribution in [0.4, 0.5) is 0 Å². The number of hydrogen-bond acceptors (Lipinski definition) is 5. The van der Waals surface area contributed by atoms with E-state index in [0.29, 0.717) is 30.2 Å². The molecule has 0 unspecified atom stereocenters. The third kappa shape index (κ3) is 4.91. The van der Waals surface area contributed by atoms with E-state index in [2.05, 4.69) is 5.32 Å². The number of nitrogens with one attached hydrogen (secondary N) is 1. The zero-order valence-electron chi connectivity index (χ0n) is 14.9. The highest BCUT2D eigenvalue weighted by atomic mass is 16.6. The van der Waals surface area contributed by atoms with Crippen LogP contribution in [-0.2, 0) is 16.0 Å². The molecule has 2 aromatic carbocycles. The molecule has 1 aliphatic rings. The first kappa shape index (κ1) is 18.6. The van der Waals surface area contributed by atoms with Gasteiger partial charge in [0.2, 0.25) is 6.10 Å². The Labute approximate surface area is 156 Å². The number of hydrogen-bond donors (Lipinski definition) is 2. The molecule has 0 saturated carbocycles. The van der Waals surface area contributed by atoms with Crippen LogP contribution in [0.2, 0.25) is 0 Å². The fourth-order valence-corrected chi connectivity index (χ4v) is 2.73. The number of fused-ring (bicyclic) bond motifs is 1. The molecular weight excluding hydrogens is 350 g/mol. The number of rotatable bonds is 7. The Balaban J connectivity index is 1.47. The first-order valence-corrected chi connectivity index (χ1v) is 8.66. The van der Waals surface area contributed by atoms with Crippen molar-refractivity contribution in [1.82, 2.24) is 5.32 Å². The minimum atomic E-state index is -1.02. The summed E-state index contributed by atoms with van der Waals surface area (Å²) in [7, 11) is 0. The first-order chi connectivity index (χ1) is 13.0. The normalized spacial score (nSPS) is 17.8. The number of benzene rings is 2. The summed E-state index contributed by atoms with van der Waals surface area (Å²) in [6.45, 7) is 1.87. The summed E-state index contributed by atoms with van der Waals surface area (Å²) in [5.41, 5.74) is 0.997. The molecule has 2 aromatic rings. The Morgan fingerprint density at radius 1 is 1.07 bits per heavy atom. The fraction of sp³-hybridized carbons (Fsp3) is 0.300. The van der Waals surface area contributed by atoms with Crippen molar-refractivity contribution in [3.8, 4) is 17.2 Å². The van der Waals surface area contributed by atoms with E-state index < -0.39 is 12.1 Å². The van der Waals surface area contributed by atoms with Gasteiger partial charge in [-0.1, -0.05) is 24.3 Å². The largest absolute Gasteiger partial charge is 0.482 e. The van der Waals surface area contributed by atoms with Gasteiger partial charge in [0, 0.05) is 6.54 Å². The molecule has 7 heteroatoms. The van der Waals surface area contributed by atoms with Crippen molar-refractivity contribution in [1.29, 1.82) is 0 Å². The van der Waals surface area contributed by atoms with Crippen molar-refractivity contribution < 1.29 is 28.9 Å². The van der Waals surface area contributed by atoms with E-state index in [1.54, 1.807) is 25.1 Å². The smallest absolute Gasteiger partial charge is 0.341 e. The predicted molar refractivity (Wildman–Crippen MR) is 97.2 cm³/mol. The van der Waals surface area contributed by atoms with Crippen LogP contribution in [0.5, 0.6) is 17.2 Å². The molecule has 27 heavy (non-hydrogen) atoms. The summed E-state index contributed by atoms with van der Waals surface area (Å²) >= 11 is 0. The molecule has 1 amide bonds. The molecule has 1 aliphatic heterocycles. The van der Waals surface area contributed by atoms with Gasteiger partial charge < -0.3 is 24.6 Å². The highest BCUT2D eigenvalue weighted by Crippen LogP contribution is 2.33. The van der Waals surface area contributed by atoms with E-state index in [1.807, 2.05) is 30.3 Å². The number of ether oxygens (including phenoxy) is 3. The first-order valence-electron chi connectivity index (χ1n) is 8.66. The zero-order chi connectivity index (χ0) is 19.2. The molecule has 0 radical (unpaired) electrons. The molecule has 142 valence electrons. The summed E-state index contributed by atoms with van der Waals surface area (Å²) in [5.74, 6) is 0.448. The molecule has 0 aliphatic carbocycles. The maximum Gasteiger partial charge on any atom is 0.341 e. The lowest BCUT2D eigenvalue weighted by molar-refractivity contribution is -0.139. The average molecular weight is 371 g/mol. The van der Waals surface area contributed by atoms with Crippen LogP contribution < -0.4 is 19.5 Å². The number of carboxylic acid groups (broad SMARTS) is 1. The summed E-state index contributed by atoms with van der Waals surface area (Å²) in [6, 6.07) is 14.3. The van der Waals surface area contributed by atoms with Gasteiger partial charge in [0.05, 0.1) is 0 Å². The lowest BCUT2D eigenvalue weighted by Gasteiger charge is -2.31. The van der Waals surface area contributed by atoms with Crippen molar-refractivity contribution in [2.45, 2.75) is 25.6 Å². The van der Waals surface area contributed by atoms with Crippen LogP contribution in [0.1, 0.15) is 12.5 Å². The quantitative estimate of drug-likeness (QED) is 0.774. The number of amides is 1. The van der Waals surface area contributed by atoms with Gasteiger partial charge in [-0.25, -0.2) is 4.79 Å². The van der Waals surface area contributed by atoms with E-state index in [1.165, 1.54) is 0 Å². The topological polar surface area (TPSA) is 94.1 Å². The van der Waals surface area contributed by atoms with Crippen LogP contribution in [0.3, 0.4) is 0 Å². The van der Waals surface area contributed by atoms with Gasteiger partial charge in [0.1, 0.15) is 11.9 Å². The minimum Gasteiger partial charge on any atom is -0.482 e. The molecule has 0 aromatic heterocycles. The van der Waals surface area contributed by atoms with Crippen molar-refractivity contribution in [2.24, 2.45) is 0 Å². The number of carboxylic acids is 1. The monoisotopic (exact) mass is 371 g/mol. The lowest BCUT2D eigenvalue weighted by atomic mass is 10.1. The second-order valence-electron chi connectivity index (χ2n) is 6.18. The molecule has 0 saturated heterocycles. The Morgan fingerprint density at radius 3 is 2.41 bits per heavy atom. The van der Waals surface area contributed by atoms with Gasteiger partial charge in [-0.15, -0.1) is 0 Å². The van der Waals surface area contributed by atoms with E-state index in [-0.39, 0.29) is 18.6 Å². The Morgan fingerprint density at radius 2 is 1.74 bits per heavy atom. The third-order valence-electron chi connectivity index (χ3n) is 4.10. The van der Waals surface area contributed by atoms with Crippen LogP contribution in [-0.4, -0.2) is 42.3 Å². The van der Waals surface area contributed by atoms with Crippen molar-refractivity contribution >= 4 is 11.9 Å². The second-order valence-corrected chi connectivity index (χ2v) is 6.18. The van der Waals surface area contributed by atoms with Gasteiger partial charge >= 0.3 is 5.97 Å². The van der Waals surface area contributed by atoms with E-state index in [9.17, 15) is 9.59 Å². The number of carbonyl (C=O) groups is 2. The maximum atomic E-state index is 12.4. The molecule has 1 heterocycles. The highest BCUT2D eigenvalue weighted by molar-refractivity contribution is 5.82. The van der Waals surface area contributed by atoms with E-state index >= 15 is 0 Å².